The summed E-state index contributed by atoms with van der Waals surface area (Å²) in [6.45, 7) is 0. The molecule has 0 aliphatic carbocycles. The molecule has 2 nitrogen and oxygen atoms in total. The third-order valence-corrected chi connectivity index (χ3v) is 1.70. The molecule has 0 atom stereocenters. The summed E-state index contributed by atoms with van der Waals surface area (Å²) in [4.78, 5) is 10.0. The van der Waals surface area contributed by atoms with Crippen molar-refractivity contribution in [1.82, 2.24) is 0 Å². The van der Waals surface area contributed by atoms with E-state index in [1.807, 2.05) is 36.4 Å². The molecule has 0 heterocycles. The van der Waals surface area contributed by atoms with Crippen LogP contribution in [-0.4, -0.2) is 30.3 Å². The Morgan fingerprint density at radius 3 is 1.50 bits per heavy atom. The minimum atomic E-state index is 0. The third kappa shape index (κ3) is 6.08. The fourth-order valence-corrected chi connectivity index (χ4v) is 0.938. The van der Waals surface area contributed by atoms with Crippen molar-refractivity contribution in [3.63, 3.8) is 0 Å². The molecule has 2 rings (SSSR count). The number of hydrogen-bond acceptors (Lipinski definition) is 2. The third-order valence-electron chi connectivity index (χ3n) is 1.70. The van der Waals surface area contributed by atoms with Gasteiger partial charge in [-0.1, -0.05) is 36.4 Å². The molecule has 0 unspecified atom stereocenters. The Morgan fingerprint density at radius 1 is 0.812 bits per heavy atom. The van der Waals surface area contributed by atoms with Gasteiger partial charge in [-0.3, -0.25) is 4.79 Å². The predicted octanol–water partition coefficient (Wildman–Crippen LogP) is 2.24. The second-order valence-electron chi connectivity index (χ2n) is 2.86. The molecule has 1 N–H and O–H groups in total. The van der Waals surface area contributed by atoms with Crippen LogP contribution in [0.2, 0.25) is 0 Å². The second-order valence-corrected chi connectivity index (χ2v) is 2.86. The first-order valence-corrected chi connectivity index (χ1v) is 4.57. The van der Waals surface area contributed by atoms with Crippen LogP contribution in [0.15, 0.2) is 60.7 Å². The normalized spacial score (nSPS) is 8.00. The van der Waals surface area contributed by atoms with Gasteiger partial charge in [0, 0.05) is 5.56 Å². The first-order chi connectivity index (χ1) is 7.33. The van der Waals surface area contributed by atoms with Gasteiger partial charge in [0.05, 0.1) is 0 Å². The van der Waals surface area contributed by atoms with Gasteiger partial charge in [0.25, 0.3) is 0 Å². The monoisotopic (exact) mass is 208 g/mol. The van der Waals surface area contributed by atoms with Crippen molar-refractivity contribution < 1.29 is 9.90 Å². The fourth-order valence-electron chi connectivity index (χ4n) is 0.938. The molecule has 0 aromatic heterocycles. The van der Waals surface area contributed by atoms with E-state index in [2.05, 4.69) is 0 Å². The Kier molecular flexibility index (Phi) is 7.97. The summed E-state index contributed by atoms with van der Waals surface area (Å²) in [7, 11) is 0. The van der Waals surface area contributed by atoms with Crippen LogP contribution in [0, 0.1) is 0 Å². The van der Waals surface area contributed by atoms with E-state index in [0.717, 1.165) is 6.29 Å². The van der Waals surface area contributed by atoms with Crippen LogP contribution in [0.25, 0.3) is 0 Å². The van der Waals surface area contributed by atoms with Crippen molar-refractivity contribution in [2.45, 2.75) is 0 Å². The first kappa shape index (κ1) is 14.5. The molecule has 0 aliphatic heterocycles. The largest absolute Gasteiger partial charge is 0.0623 e. The zero-order valence-corrected chi connectivity index (χ0v) is 8.21. The van der Waals surface area contributed by atoms with E-state index in [1.54, 1.807) is 12.1 Å². The van der Waals surface area contributed by atoms with Crippen molar-refractivity contribution in [3.8, 4) is 5.75 Å². The van der Waals surface area contributed by atoms with E-state index < -0.39 is 0 Å². The van der Waals surface area contributed by atoms with E-state index in [1.165, 1.54) is 12.1 Å². The Balaban J connectivity index is 0.000000283. The Bertz CT molecular complexity index is 358. The molecule has 0 radical (unpaired) electrons. The summed E-state index contributed by atoms with van der Waals surface area (Å²) in [5, 5.41) is 8.74. The van der Waals surface area contributed by atoms with Crippen LogP contribution in [0.1, 0.15) is 10.4 Å². The average molecular weight is 208 g/mol. The van der Waals surface area contributed by atoms with Gasteiger partial charge in [-0.25, -0.2) is 0 Å². The minimum Gasteiger partial charge on any atom is -0.0623 e. The van der Waals surface area contributed by atoms with Crippen LogP contribution >= 0.6 is 0 Å². The smallest absolute Gasteiger partial charge is 0.0623 e. The van der Waals surface area contributed by atoms with Crippen molar-refractivity contribution in [2.75, 3.05) is 0 Å². The van der Waals surface area contributed by atoms with Crippen LogP contribution in [0.5, 0.6) is 5.75 Å². The number of carbonyl (C=O) groups excluding carboxylic acids is 1. The number of hydrogen-bond donors (Lipinski definition) is 1. The summed E-state index contributed by atoms with van der Waals surface area (Å²) < 4.78 is 0. The SMILES string of the molecule is O=Cc1ccc(O)cc1.[LiH].c1ccccc1. The Labute approximate surface area is 107 Å². The summed E-state index contributed by atoms with van der Waals surface area (Å²) in [6.07, 6.45) is 0.736. The molecule has 3 heteroatoms. The standard InChI is InChI=1S/C7H6O2.C6H6.Li.H/c8-5-6-1-3-7(9)4-2-6;1-2-4-6-5-3-1;;/h1-5,9H;1-6H;;. The molecule has 0 bridgehead atoms. The number of aldehydes is 1. The summed E-state index contributed by atoms with van der Waals surface area (Å²) in [6, 6.07) is 18.1. The van der Waals surface area contributed by atoms with E-state index in [-0.39, 0.29) is 24.6 Å². The number of phenols is 1. The van der Waals surface area contributed by atoms with E-state index in [4.69, 9.17) is 5.11 Å². The fraction of sp³-hybridized carbons (Fsp3) is 0. The molecule has 0 saturated heterocycles. The maximum atomic E-state index is 10.0. The van der Waals surface area contributed by atoms with Gasteiger partial charge in [-0.15, -0.1) is 0 Å². The zero-order chi connectivity index (χ0) is 10.9. The van der Waals surface area contributed by atoms with E-state index in [0.29, 0.717) is 5.56 Å². The maximum Gasteiger partial charge on any atom is -0.0623 e. The van der Waals surface area contributed by atoms with Gasteiger partial charge in [-0.2, -0.15) is 0 Å². The van der Waals surface area contributed by atoms with E-state index in [9.17, 15) is 4.79 Å². The molecular weight excluding hydrogens is 195 g/mol. The van der Waals surface area contributed by atoms with Crippen molar-refractivity contribution in [3.05, 3.63) is 66.2 Å². The Morgan fingerprint density at radius 2 is 1.19 bits per heavy atom. The molecule has 2 aromatic rings. The van der Waals surface area contributed by atoms with Crippen LogP contribution < -0.4 is 0 Å². The van der Waals surface area contributed by atoms with Gasteiger partial charge in [0.2, 0.25) is 0 Å². The van der Waals surface area contributed by atoms with Gasteiger partial charge in [0.15, 0.2) is 0 Å². The number of phenolic OH excluding ortho intramolecular Hbond substituents is 1. The van der Waals surface area contributed by atoms with Crippen LogP contribution in [-0.2, 0) is 0 Å². The van der Waals surface area contributed by atoms with Crippen molar-refractivity contribution in [2.24, 2.45) is 0 Å². The molecule has 2 aromatic carbocycles. The number of benzene rings is 2. The zero-order valence-electron chi connectivity index (χ0n) is 8.21. The predicted molar refractivity (Wildman–Crippen MR) is 67.1 cm³/mol. The molecule has 0 amide bonds. The van der Waals surface area contributed by atoms with Crippen LogP contribution in [0.3, 0.4) is 0 Å². The maximum absolute atomic E-state index is 10.0. The molecule has 0 fully saturated rings. The Hall–Kier alpha value is -1.49. The molecule has 0 saturated carbocycles. The topological polar surface area (TPSA) is 37.3 Å². The second kappa shape index (κ2) is 8.79. The van der Waals surface area contributed by atoms with Crippen LogP contribution in [0.4, 0.5) is 0 Å². The summed E-state index contributed by atoms with van der Waals surface area (Å²) in [5.74, 6) is 0.181. The molecule has 0 spiro atoms. The molecular formula is C13H13LiO2. The first-order valence-electron chi connectivity index (χ1n) is 4.57. The van der Waals surface area contributed by atoms with Gasteiger partial charge in [0.1, 0.15) is 12.0 Å². The van der Waals surface area contributed by atoms with Crippen molar-refractivity contribution in [1.29, 1.82) is 0 Å². The van der Waals surface area contributed by atoms with Gasteiger partial charge in [-0.05, 0) is 24.3 Å². The minimum absolute atomic E-state index is 0. The van der Waals surface area contributed by atoms with Gasteiger partial charge < -0.3 is 5.11 Å². The van der Waals surface area contributed by atoms with Gasteiger partial charge >= 0.3 is 18.9 Å². The quantitative estimate of drug-likeness (QED) is 0.576. The average Bonchev–Trinajstić information content (AvgIpc) is 2.33. The molecule has 78 valence electrons. The van der Waals surface area contributed by atoms with Crippen molar-refractivity contribution >= 4 is 25.1 Å². The summed E-state index contributed by atoms with van der Waals surface area (Å²) >= 11 is 0. The molecule has 0 aliphatic rings. The number of carbonyl (C=O) groups is 1. The summed E-state index contributed by atoms with van der Waals surface area (Å²) in [5.41, 5.74) is 0.577. The number of rotatable bonds is 1. The number of aromatic hydroxyl groups is 1. The molecule has 16 heavy (non-hydrogen) atoms. The van der Waals surface area contributed by atoms with E-state index >= 15 is 0 Å².